The first-order chi connectivity index (χ1) is 15.5. The van der Waals surface area contributed by atoms with Gasteiger partial charge in [0.2, 0.25) is 5.95 Å². The lowest BCUT2D eigenvalue weighted by atomic mass is 10.0. The Labute approximate surface area is 187 Å². The molecule has 3 heterocycles. The van der Waals surface area contributed by atoms with Crippen LogP contribution in [0.1, 0.15) is 25.3 Å². The molecule has 0 aliphatic carbocycles. The second-order valence-corrected chi connectivity index (χ2v) is 8.04. The molecule has 1 N–H and O–H groups in total. The Morgan fingerprint density at radius 1 is 1.25 bits per heavy atom. The molecule has 1 fully saturated rings. The topological polar surface area (TPSA) is 96.4 Å². The maximum Gasteiger partial charge on any atom is 0.320 e. The number of ether oxygens (including phenoxy) is 1. The SMILES string of the molecule is CCOC(=O)CN1CCC(N(C)c2ncc3ncnc(Nc4cccc(C)c4)c3n2)CC1. The van der Waals surface area contributed by atoms with Gasteiger partial charge in [0.1, 0.15) is 17.4 Å². The van der Waals surface area contributed by atoms with Crippen LogP contribution in [-0.2, 0) is 9.53 Å². The fourth-order valence-corrected chi connectivity index (χ4v) is 3.98. The van der Waals surface area contributed by atoms with E-state index in [1.165, 1.54) is 6.33 Å². The predicted octanol–water partition coefficient (Wildman–Crippen LogP) is 2.94. The minimum Gasteiger partial charge on any atom is -0.465 e. The van der Waals surface area contributed by atoms with Crippen LogP contribution in [0.2, 0.25) is 0 Å². The highest BCUT2D eigenvalue weighted by Crippen LogP contribution is 2.25. The lowest BCUT2D eigenvalue weighted by Crippen LogP contribution is -2.45. The van der Waals surface area contributed by atoms with E-state index in [1.807, 2.05) is 26.1 Å². The monoisotopic (exact) mass is 435 g/mol. The number of aromatic nitrogens is 4. The molecule has 1 aliphatic rings. The molecule has 0 spiro atoms. The molecule has 0 radical (unpaired) electrons. The first kappa shape index (κ1) is 21.9. The zero-order valence-corrected chi connectivity index (χ0v) is 18.8. The van der Waals surface area contributed by atoms with Crippen LogP contribution in [0.4, 0.5) is 17.5 Å². The first-order valence-electron chi connectivity index (χ1n) is 11.0. The number of rotatable bonds is 7. The molecule has 9 nitrogen and oxygen atoms in total. The highest BCUT2D eigenvalue weighted by molar-refractivity contribution is 5.87. The van der Waals surface area contributed by atoms with Crippen molar-refractivity contribution in [3.8, 4) is 0 Å². The minimum absolute atomic E-state index is 0.161. The Bertz CT molecular complexity index is 1080. The van der Waals surface area contributed by atoms with Crippen molar-refractivity contribution >= 4 is 34.5 Å². The van der Waals surface area contributed by atoms with E-state index in [1.54, 1.807) is 6.20 Å². The molecule has 1 aromatic carbocycles. The Hall–Kier alpha value is -3.33. The molecule has 0 unspecified atom stereocenters. The Morgan fingerprint density at radius 3 is 2.81 bits per heavy atom. The van der Waals surface area contributed by atoms with E-state index in [2.05, 4.69) is 49.1 Å². The minimum atomic E-state index is -0.161. The molecule has 32 heavy (non-hydrogen) atoms. The van der Waals surface area contributed by atoms with Crippen molar-refractivity contribution in [3.05, 3.63) is 42.4 Å². The largest absolute Gasteiger partial charge is 0.465 e. The Kier molecular flexibility index (Phi) is 6.75. The number of hydrogen-bond donors (Lipinski definition) is 1. The van der Waals surface area contributed by atoms with Gasteiger partial charge in [-0.1, -0.05) is 12.1 Å². The van der Waals surface area contributed by atoms with E-state index in [4.69, 9.17) is 9.72 Å². The lowest BCUT2D eigenvalue weighted by Gasteiger charge is -2.36. The number of piperidine rings is 1. The van der Waals surface area contributed by atoms with Crippen molar-refractivity contribution in [3.63, 3.8) is 0 Å². The van der Waals surface area contributed by atoms with Crippen LogP contribution in [0, 0.1) is 6.92 Å². The average Bonchev–Trinajstić information content (AvgIpc) is 2.79. The number of anilines is 3. The summed E-state index contributed by atoms with van der Waals surface area (Å²) >= 11 is 0. The summed E-state index contributed by atoms with van der Waals surface area (Å²) in [4.78, 5) is 34.1. The van der Waals surface area contributed by atoms with Gasteiger partial charge in [0.15, 0.2) is 5.82 Å². The molecule has 1 aliphatic heterocycles. The van der Waals surface area contributed by atoms with Gasteiger partial charge in [-0.05, 0) is 44.4 Å². The second-order valence-electron chi connectivity index (χ2n) is 8.04. The van der Waals surface area contributed by atoms with Crippen molar-refractivity contribution in [2.75, 3.05) is 43.5 Å². The molecule has 4 rings (SSSR count). The zero-order chi connectivity index (χ0) is 22.5. The maximum atomic E-state index is 11.7. The van der Waals surface area contributed by atoms with Gasteiger partial charge in [0.25, 0.3) is 0 Å². The van der Waals surface area contributed by atoms with Gasteiger partial charge in [0, 0.05) is 31.9 Å². The fraction of sp³-hybridized carbons (Fsp3) is 0.435. The van der Waals surface area contributed by atoms with Crippen LogP contribution in [-0.4, -0.2) is 70.1 Å². The molecule has 0 atom stereocenters. The molecule has 9 heteroatoms. The Balaban J connectivity index is 1.48. The van der Waals surface area contributed by atoms with Gasteiger partial charge in [-0.3, -0.25) is 9.69 Å². The summed E-state index contributed by atoms with van der Waals surface area (Å²) < 4.78 is 5.06. The standard InChI is InChI=1S/C23H29N7O2/c1-4-32-20(31)14-30-10-8-18(9-11-30)29(3)23-24-13-19-21(28-23)22(26-15-25-19)27-17-7-5-6-16(2)12-17/h5-7,12-13,15,18H,4,8-11,14H2,1-3H3,(H,25,26,27). The van der Waals surface area contributed by atoms with Crippen LogP contribution in [0.15, 0.2) is 36.8 Å². The zero-order valence-electron chi connectivity index (χ0n) is 18.8. The van der Waals surface area contributed by atoms with Crippen molar-refractivity contribution < 1.29 is 9.53 Å². The molecule has 0 bridgehead atoms. The third kappa shape index (κ3) is 5.11. The van der Waals surface area contributed by atoms with Crippen LogP contribution < -0.4 is 10.2 Å². The van der Waals surface area contributed by atoms with Crippen LogP contribution in [0.25, 0.3) is 11.0 Å². The predicted molar refractivity (Wildman–Crippen MR) is 124 cm³/mol. The van der Waals surface area contributed by atoms with E-state index in [0.717, 1.165) is 37.2 Å². The average molecular weight is 436 g/mol. The molecule has 1 saturated heterocycles. The van der Waals surface area contributed by atoms with Gasteiger partial charge in [-0.2, -0.15) is 0 Å². The number of carbonyl (C=O) groups is 1. The second kappa shape index (κ2) is 9.86. The number of carbonyl (C=O) groups excluding carboxylic acids is 1. The number of nitrogens with zero attached hydrogens (tertiary/aromatic N) is 6. The molecular formula is C23H29N7O2. The smallest absolute Gasteiger partial charge is 0.320 e. The van der Waals surface area contributed by atoms with Gasteiger partial charge in [-0.15, -0.1) is 0 Å². The van der Waals surface area contributed by atoms with Crippen LogP contribution >= 0.6 is 0 Å². The summed E-state index contributed by atoms with van der Waals surface area (Å²) in [5.74, 6) is 1.14. The van der Waals surface area contributed by atoms with E-state index in [0.29, 0.717) is 42.0 Å². The lowest BCUT2D eigenvalue weighted by molar-refractivity contribution is -0.144. The number of benzene rings is 1. The van der Waals surface area contributed by atoms with Crippen molar-refractivity contribution in [2.45, 2.75) is 32.7 Å². The third-order valence-electron chi connectivity index (χ3n) is 5.72. The summed E-state index contributed by atoms with van der Waals surface area (Å²) in [6, 6.07) is 8.41. The van der Waals surface area contributed by atoms with Gasteiger partial charge in [-0.25, -0.2) is 19.9 Å². The number of nitrogens with one attached hydrogen (secondary N) is 1. The summed E-state index contributed by atoms with van der Waals surface area (Å²) in [6.07, 6.45) is 5.12. The van der Waals surface area contributed by atoms with Crippen molar-refractivity contribution in [1.29, 1.82) is 0 Å². The van der Waals surface area contributed by atoms with Crippen molar-refractivity contribution in [1.82, 2.24) is 24.8 Å². The van der Waals surface area contributed by atoms with E-state index >= 15 is 0 Å². The van der Waals surface area contributed by atoms with Gasteiger partial charge in [0.05, 0.1) is 19.3 Å². The quantitative estimate of drug-likeness (QED) is 0.562. The van der Waals surface area contributed by atoms with Gasteiger partial charge >= 0.3 is 5.97 Å². The van der Waals surface area contributed by atoms with E-state index in [9.17, 15) is 4.79 Å². The number of likely N-dealkylation sites (tertiary alicyclic amines) is 1. The molecule has 0 saturated carbocycles. The summed E-state index contributed by atoms with van der Waals surface area (Å²) in [5, 5.41) is 3.36. The first-order valence-corrected chi connectivity index (χ1v) is 11.0. The summed E-state index contributed by atoms with van der Waals surface area (Å²) in [6.45, 7) is 6.32. The molecule has 0 amide bonds. The number of esters is 1. The van der Waals surface area contributed by atoms with E-state index < -0.39 is 0 Å². The number of fused-ring (bicyclic) bond motifs is 1. The molecule has 168 valence electrons. The van der Waals surface area contributed by atoms with Crippen molar-refractivity contribution in [2.24, 2.45) is 0 Å². The highest BCUT2D eigenvalue weighted by atomic mass is 16.5. The third-order valence-corrected chi connectivity index (χ3v) is 5.72. The molecular weight excluding hydrogens is 406 g/mol. The Morgan fingerprint density at radius 2 is 2.06 bits per heavy atom. The summed E-state index contributed by atoms with van der Waals surface area (Å²) in [5.41, 5.74) is 3.49. The number of aryl methyl sites for hydroxylation is 1. The van der Waals surface area contributed by atoms with Crippen LogP contribution in [0.3, 0.4) is 0 Å². The maximum absolute atomic E-state index is 11.7. The molecule has 2 aromatic heterocycles. The van der Waals surface area contributed by atoms with E-state index in [-0.39, 0.29) is 5.97 Å². The molecule has 3 aromatic rings. The summed E-state index contributed by atoms with van der Waals surface area (Å²) in [7, 11) is 2.02. The number of hydrogen-bond acceptors (Lipinski definition) is 9. The highest BCUT2D eigenvalue weighted by Gasteiger charge is 2.25. The van der Waals surface area contributed by atoms with Gasteiger partial charge < -0.3 is 15.0 Å². The normalized spacial score (nSPS) is 15.0. The van der Waals surface area contributed by atoms with Crippen LogP contribution in [0.5, 0.6) is 0 Å². The fourth-order valence-electron chi connectivity index (χ4n) is 3.98.